The third-order valence-corrected chi connectivity index (χ3v) is 10.4. The minimum atomic E-state index is -0.890. The van der Waals surface area contributed by atoms with Crippen molar-refractivity contribution in [1.29, 1.82) is 0 Å². The maximum atomic E-state index is 13.6. The number of hydrogen-bond acceptors (Lipinski definition) is 8. The Morgan fingerprint density at radius 1 is 0.863 bits per heavy atom. The first kappa shape index (κ1) is 36.1. The number of carbonyl (C=O) groups excluding carboxylic acids is 3. The average Bonchev–Trinajstić information content (AvgIpc) is 3.14. The molecule has 272 valence electrons. The molecule has 12 nitrogen and oxygen atoms in total. The second-order valence-corrected chi connectivity index (χ2v) is 13.6. The highest BCUT2D eigenvalue weighted by atomic mass is 19.1. The summed E-state index contributed by atoms with van der Waals surface area (Å²) in [5.74, 6) is -1.25. The van der Waals surface area contributed by atoms with Crippen LogP contribution in [0.3, 0.4) is 0 Å². The highest BCUT2D eigenvalue weighted by molar-refractivity contribution is 6.03. The smallest absolute Gasteiger partial charge is 0.317 e. The van der Waals surface area contributed by atoms with Crippen LogP contribution in [0.2, 0.25) is 0 Å². The first-order chi connectivity index (χ1) is 24.6. The molecule has 3 fully saturated rings. The molecule has 3 aliphatic heterocycles. The van der Waals surface area contributed by atoms with Crippen LogP contribution in [0, 0.1) is 11.7 Å². The van der Waals surface area contributed by atoms with Gasteiger partial charge in [-0.25, -0.2) is 9.18 Å². The number of aliphatic hydroxyl groups excluding tert-OH is 1. The number of anilines is 1. The van der Waals surface area contributed by atoms with Crippen molar-refractivity contribution in [3.05, 3.63) is 89.2 Å². The topological polar surface area (TPSA) is 140 Å². The maximum absolute atomic E-state index is 13.6. The molecule has 3 aromatic carbocycles. The lowest BCUT2D eigenvalue weighted by Gasteiger charge is -2.48. The van der Waals surface area contributed by atoms with E-state index in [1.165, 1.54) is 36.4 Å². The van der Waals surface area contributed by atoms with Gasteiger partial charge in [0.05, 0.1) is 24.6 Å². The molecule has 4 amide bonds. The van der Waals surface area contributed by atoms with E-state index in [1.807, 2.05) is 17.0 Å². The number of piperazine rings is 2. The molecule has 0 radical (unpaired) electrons. The highest BCUT2D eigenvalue weighted by Crippen LogP contribution is 2.49. The summed E-state index contributed by atoms with van der Waals surface area (Å²) in [5.41, 5.74) is 2.47. The van der Waals surface area contributed by atoms with Gasteiger partial charge in [0, 0.05) is 76.2 Å². The summed E-state index contributed by atoms with van der Waals surface area (Å²) < 4.78 is 13.4. The predicted octanol–water partition coefficient (Wildman–Crippen LogP) is 3.45. The zero-order valence-electron chi connectivity index (χ0n) is 29.0. The molecule has 0 aliphatic carbocycles. The zero-order chi connectivity index (χ0) is 36.1. The predicted molar refractivity (Wildman–Crippen MR) is 189 cm³/mol. The number of carbonyl (C=O) groups is 3. The van der Waals surface area contributed by atoms with Crippen molar-refractivity contribution in [3.8, 4) is 11.5 Å². The number of aromatic hydroxyl groups is 2. The SMILES string of the molecule is CCN1CCN(CC(=O)N2CCN(C(=O)NCc3ccc(N4C(=O)[C@H](CC[C@H](O)c5ccc(F)cc5)[C@H]4c4ccc(O)cc4O)cc3)CC2)CC1. The van der Waals surface area contributed by atoms with Crippen molar-refractivity contribution in [2.45, 2.75) is 38.5 Å². The van der Waals surface area contributed by atoms with Gasteiger partial charge in [0.2, 0.25) is 11.8 Å². The van der Waals surface area contributed by atoms with Crippen molar-refractivity contribution in [3.63, 3.8) is 0 Å². The zero-order valence-corrected chi connectivity index (χ0v) is 29.0. The Bertz CT molecular complexity index is 1680. The quantitative estimate of drug-likeness (QED) is 0.223. The Hall–Kier alpha value is -4.72. The second-order valence-electron chi connectivity index (χ2n) is 13.6. The lowest BCUT2D eigenvalue weighted by Crippen LogP contribution is -2.55. The monoisotopic (exact) mass is 702 g/mol. The fraction of sp³-hybridized carbons (Fsp3) is 0.447. The van der Waals surface area contributed by atoms with Crippen LogP contribution in [0.1, 0.15) is 48.6 Å². The van der Waals surface area contributed by atoms with Crippen LogP contribution in [0.4, 0.5) is 14.9 Å². The van der Waals surface area contributed by atoms with E-state index < -0.39 is 23.9 Å². The molecule has 0 spiro atoms. The van der Waals surface area contributed by atoms with Crippen LogP contribution in [0.25, 0.3) is 0 Å². The fourth-order valence-electron chi connectivity index (χ4n) is 7.22. The van der Waals surface area contributed by atoms with Gasteiger partial charge in [-0.05, 0) is 66.9 Å². The van der Waals surface area contributed by atoms with E-state index in [2.05, 4.69) is 22.0 Å². The summed E-state index contributed by atoms with van der Waals surface area (Å²) in [6, 6.07) is 16.4. The van der Waals surface area contributed by atoms with Crippen LogP contribution < -0.4 is 10.2 Å². The van der Waals surface area contributed by atoms with Gasteiger partial charge in [0.15, 0.2) is 0 Å². The van der Waals surface area contributed by atoms with Gasteiger partial charge in [-0.2, -0.15) is 0 Å². The molecule has 3 aliphatic rings. The molecular weight excluding hydrogens is 655 g/mol. The molecule has 3 saturated heterocycles. The number of amides is 4. The van der Waals surface area contributed by atoms with Gasteiger partial charge in [0.1, 0.15) is 17.3 Å². The number of hydrogen-bond donors (Lipinski definition) is 4. The number of phenols is 2. The Morgan fingerprint density at radius 3 is 2.16 bits per heavy atom. The fourth-order valence-corrected chi connectivity index (χ4v) is 7.22. The first-order valence-electron chi connectivity index (χ1n) is 17.7. The van der Waals surface area contributed by atoms with E-state index in [0.29, 0.717) is 56.0 Å². The summed E-state index contributed by atoms with van der Waals surface area (Å²) in [6.45, 7) is 9.56. The number of likely N-dealkylation sites (N-methyl/N-ethyl adjacent to an activating group) is 1. The van der Waals surface area contributed by atoms with Gasteiger partial charge in [0.25, 0.3) is 0 Å². The van der Waals surface area contributed by atoms with Crippen LogP contribution >= 0.6 is 0 Å². The number of benzene rings is 3. The van der Waals surface area contributed by atoms with Crippen molar-refractivity contribution in [2.24, 2.45) is 5.92 Å². The Labute approximate surface area is 297 Å². The maximum Gasteiger partial charge on any atom is 0.317 e. The van der Waals surface area contributed by atoms with E-state index in [-0.39, 0.29) is 42.3 Å². The number of phenolic OH excluding ortho intramolecular Hbond substituents is 2. The van der Waals surface area contributed by atoms with E-state index in [9.17, 15) is 34.1 Å². The van der Waals surface area contributed by atoms with Crippen molar-refractivity contribution < 1.29 is 34.1 Å². The number of halogens is 1. The molecule has 13 heteroatoms. The minimum absolute atomic E-state index is 0.102. The van der Waals surface area contributed by atoms with Crippen LogP contribution in [-0.4, -0.2) is 118 Å². The third kappa shape index (κ3) is 8.43. The molecule has 0 unspecified atom stereocenters. The molecular formula is C38H47FN6O6. The van der Waals surface area contributed by atoms with Crippen LogP contribution in [-0.2, 0) is 16.1 Å². The second kappa shape index (κ2) is 16.1. The van der Waals surface area contributed by atoms with Gasteiger partial charge >= 0.3 is 6.03 Å². The van der Waals surface area contributed by atoms with E-state index in [0.717, 1.165) is 38.3 Å². The summed E-state index contributed by atoms with van der Waals surface area (Å²) in [6.07, 6.45) is -0.312. The molecule has 4 N–H and O–H groups in total. The number of nitrogens with zero attached hydrogens (tertiary/aromatic N) is 5. The van der Waals surface area contributed by atoms with Crippen molar-refractivity contribution >= 4 is 23.5 Å². The molecule has 0 aromatic heterocycles. The molecule has 3 atom stereocenters. The average molecular weight is 703 g/mol. The molecule has 3 heterocycles. The van der Waals surface area contributed by atoms with E-state index >= 15 is 0 Å². The summed E-state index contributed by atoms with van der Waals surface area (Å²) in [7, 11) is 0. The van der Waals surface area contributed by atoms with Gasteiger partial charge in [-0.15, -0.1) is 0 Å². The summed E-state index contributed by atoms with van der Waals surface area (Å²) in [4.78, 5) is 49.2. The van der Waals surface area contributed by atoms with E-state index in [1.54, 1.807) is 28.0 Å². The molecule has 3 aromatic rings. The number of nitrogens with one attached hydrogen (secondary N) is 1. The third-order valence-electron chi connectivity index (χ3n) is 10.4. The lowest BCUT2D eigenvalue weighted by molar-refractivity contribution is -0.134. The van der Waals surface area contributed by atoms with Crippen molar-refractivity contribution in [1.82, 2.24) is 24.9 Å². The van der Waals surface area contributed by atoms with Gasteiger partial charge < -0.3 is 40.2 Å². The van der Waals surface area contributed by atoms with Crippen molar-refractivity contribution in [2.75, 3.05) is 70.3 Å². The summed E-state index contributed by atoms with van der Waals surface area (Å²) >= 11 is 0. The largest absolute Gasteiger partial charge is 0.508 e. The van der Waals surface area contributed by atoms with E-state index in [4.69, 9.17) is 0 Å². The highest BCUT2D eigenvalue weighted by Gasteiger charge is 2.49. The lowest BCUT2D eigenvalue weighted by atomic mass is 9.78. The number of β-lactam (4-membered cyclic amide) rings is 1. The molecule has 0 saturated carbocycles. The minimum Gasteiger partial charge on any atom is -0.508 e. The standard InChI is InChI=1S/C38H47FN6O6/c1-2-41-15-17-42(18-16-41)25-35(49)43-19-21-44(22-20-43)38(51)40-24-26-3-9-29(10-4-26)45-36(31-12-11-30(46)23-34(31)48)32(37(45)50)13-14-33(47)27-5-7-28(39)8-6-27/h3-12,23,32-33,36,46-48H,2,13-22,24-25H2,1H3,(H,40,51)/t32-,33+,36-/m1/s1. The van der Waals surface area contributed by atoms with Crippen LogP contribution in [0.15, 0.2) is 66.7 Å². The number of rotatable bonds is 11. The Balaban J connectivity index is 1.02. The van der Waals surface area contributed by atoms with Crippen LogP contribution in [0.5, 0.6) is 11.5 Å². The number of urea groups is 1. The summed E-state index contributed by atoms with van der Waals surface area (Å²) in [5, 5.41) is 34.3. The molecule has 51 heavy (non-hydrogen) atoms. The molecule has 0 bridgehead atoms. The van der Waals surface area contributed by atoms with Gasteiger partial charge in [-0.3, -0.25) is 14.5 Å². The first-order valence-corrected chi connectivity index (χ1v) is 17.7. The Kier molecular flexibility index (Phi) is 11.4. The van der Waals surface area contributed by atoms with Gasteiger partial charge in [-0.1, -0.05) is 31.2 Å². The Morgan fingerprint density at radius 2 is 1.51 bits per heavy atom. The normalized spacial score (nSPS) is 20.6. The molecule has 6 rings (SSSR count). The number of aliphatic hydroxyl groups is 1.